The first-order valence-electron chi connectivity index (χ1n) is 6.68. The highest BCUT2D eigenvalue weighted by atomic mass is 35.5. The van der Waals surface area contributed by atoms with Crippen LogP contribution < -0.4 is 11.5 Å². The van der Waals surface area contributed by atoms with E-state index in [9.17, 15) is 13.2 Å². The standard InChI is InChI=1S/C14H21F3N2O2.2ClH/c15-14(16,17)11-3-1-2-9(4-11)10(5-12(18)7-20)6-13(19)8-21;;/h1-4,10,12-13,20-21H,5-8,18-19H2;2*1H. The molecule has 0 saturated carbocycles. The second-order valence-corrected chi connectivity index (χ2v) is 5.18. The molecule has 1 aromatic carbocycles. The van der Waals surface area contributed by atoms with E-state index >= 15 is 0 Å². The minimum Gasteiger partial charge on any atom is -0.395 e. The largest absolute Gasteiger partial charge is 0.416 e. The van der Waals surface area contributed by atoms with Crippen LogP contribution in [0.3, 0.4) is 0 Å². The molecule has 0 aliphatic rings. The van der Waals surface area contributed by atoms with Crippen LogP contribution in [-0.2, 0) is 6.18 Å². The van der Waals surface area contributed by atoms with E-state index < -0.39 is 23.8 Å². The molecule has 0 aliphatic carbocycles. The van der Waals surface area contributed by atoms with Crippen LogP contribution in [-0.4, -0.2) is 35.5 Å². The predicted octanol–water partition coefficient (Wildman–Crippen LogP) is 2.05. The van der Waals surface area contributed by atoms with Crippen molar-refractivity contribution in [2.24, 2.45) is 11.5 Å². The number of aliphatic hydroxyl groups is 2. The van der Waals surface area contributed by atoms with Crippen LogP contribution in [0, 0.1) is 0 Å². The van der Waals surface area contributed by atoms with Crippen molar-refractivity contribution in [3.05, 3.63) is 35.4 Å². The van der Waals surface area contributed by atoms with Gasteiger partial charge in [0.2, 0.25) is 0 Å². The maximum absolute atomic E-state index is 12.8. The number of nitrogens with two attached hydrogens (primary N) is 2. The Hall–Kier alpha value is -0.570. The Balaban J connectivity index is 0. The molecule has 4 nitrogen and oxygen atoms in total. The Morgan fingerprint density at radius 3 is 1.83 bits per heavy atom. The van der Waals surface area contributed by atoms with Gasteiger partial charge in [-0.1, -0.05) is 18.2 Å². The number of rotatable bonds is 7. The van der Waals surface area contributed by atoms with Gasteiger partial charge in [-0.25, -0.2) is 0 Å². The van der Waals surface area contributed by atoms with Crippen molar-refractivity contribution in [3.63, 3.8) is 0 Å². The molecule has 1 aromatic rings. The summed E-state index contributed by atoms with van der Waals surface area (Å²) in [7, 11) is 0. The Labute approximate surface area is 145 Å². The van der Waals surface area contributed by atoms with Gasteiger partial charge in [-0.3, -0.25) is 0 Å². The van der Waals surface area contributed by atoms with E-state index in [2.05, 4.69) is 0 Å². The van der Waals surface area contributed by atoms with E-state index in [0.29, 0.717) is 18.4 Å². The summed E-state index contributed by atoms with van der Waals surface area (Å²) in [5.74, 6) is -0.350. The normalized spacial score (nSPS) is 15.1. The molecule has 0 spiro atoms. The van der Waals surface area contributed by atoms with Crippen molar-refractivity contribution in [2.45, 2.75) is 37.0 Å². The van der Waals surface area contributed by atoms with Crippen molar-refractivity contribution in [3.8, 4) is 0 Å². The van der Waals surface area contributed by atoms with Crippen LogP contribution in [0.25, 0.3) is 0 Å². The molecule has 9 heteroatoms. The van der Waals surface area contributed by atoms with Gasteiger partial charge in [-0.2, -0.15) is 13.2 Å². The van der Waals surface area contributed by atoms with E-state index in [0.717, 1.165) is 12.1 Å². The summed E-state index contributed by atoms with van der Waals surface area (Å²) < 4.78 is 38.3. The second kappa shape index (κ2) is 11.1. The third-order valence-electron chi connectivity index (χ3n) is 3.33. The topological polar surface area (TPSA) is 92.5 Å². The maximum Gasteiger partial charge on any atom is 0.416 e. The number of alkyl halides is 3. The SMILES string of the molecule is Cl.Cl.NC(CO)CC(CC(N)CO)c1cccc(C(F)(F)F)c1. The fourth-order valence-corrected chi connectivity index (χ4v) is 2.22. The molecule has 0 aliphatic heterocycles. The van der Waals surface area contributed by atoms with E-state index in [1.165, 1.54) is 6.07 Å². The van der Waals surface area contributed by atoms with Crippen LogP contribution in [0.1, 0.15) is 29.9 Å². The van der Waals surface area contributed by atoms with Crippen LogP contribution in [0.2, 0.25) is 0 Å². The van der Waals surface area contributed by atoms with Gasteiger partial charge in [0.1, 0.15) is 0 Å². The smallest absolute Gasteiger partial charge is 0.395 e. The van der Waals surface area contributed by atoms with E-state index in [1.807, 2.05) is 0 Å². The molecule has 0 heterocycles. The lowest BCUT2D eigenvalue weighted by Crippen LogP contribution is -2.31. The van der Waals surface area contributed by atoms with Crippen molar-refractivity contribution < 1.29 is 23.4 Å². The third-order valence-corrected chi connectivity index (χ3v) is 3.33. The average molecular weight is 379 g/mol. The maximum atomic E-state index is 12.8. The fraction of sp³-hybridized carbons (Fsp3) is 0.571. The molecule has 6 N–H and O–H groups in total. The van der Waals surface area contributed by atoms with Gasteiger partial charge in [-0.05, 0) is 30.4 Å². The number of halogens is 5. The van der Waals surface area contributed by atoms with Crippen LogP contribution >= 0.6 is 24.8 Å². The summed E-state index contributed by atoms with van der Waals surface area (Å²) in [6.07, 6.45) is -3.82. The minimum atomic E-state index is -4.42. The first kappa shape index (κ1) is 24.7. The Kier molecular flexibility index (Phi) is 11.9. The number of hydrogen-bond donors (Lipinski definition) is 4. The molecule has 1 rings (SSSR count). The predicted molar refractivity (Wildman–Crippen MR) is 88.0 cm³/mol. The monoisotopic (exact) mass is 378 g/mol. The molecule has 0 radical (unpaired) electrons. The van der Waals surface area contributed by atoms with Crippen molar-refractivity contribution in [1.82, 2.24) is 0 Å². The highest BCUT2D eigenvalue weighted by Gasteiger charge is 2.31. The van der Waals surface area contributed by atoms with Crippen LogP contribution in [0.5, 0.6) is 0 Å². The minimum absolute atomic E-state index is 0. The second-order valence-electron chi connectivity index (χ2n) is 5.18. The molecule has 2 unspecified atom stereocenters. The fourth-order valence-electron chi connectivity index (χ4n) is 2.22. The molecule has 2 atom stereocenters. The van der Waals surface area contributed by atoms with E-state index in [1.54, 1.807) is 6.07 Å². The summed E-state index contributed by atoms with van der Waals surface area (Å²) in [6.45, 7) is -0.520. The number of benzene rings is 1. The zero-order valence-corrected chi connectivity index (χ0v) is 14.0. The summed E-state index contributed by atoms with van der Waals surface area (Å²) in [6, 6.07) is 3.89. The summed E-state index contributed by atoms with van der Waals surface area (Å²) in [5, 5.41) is 18.0. The Morgan fingerprint density at radius 1 is 0.957 bits per heavy atom. The van der Waals surface area contributed by atoms with Crippen molar-refractivity contribution in [2.75, 3.05) is 13.2 Å². The average Bonchev–Trinajstić information content (AvgIpc) is 2.45. The van der Waals surface area contributed by atoms with Gasteiger partial charge in [0.15, 0.2) is 0 Å². The van der Waals surface area contributed by atoms with Gasteiger partial charge in [-0.15, -0.1) is 24.8 Å². The zero-order valence-electron chi connectivity index (χ0n) is 12.4. The van der Waals surface area contributed by atoms with Gasteiger partial charge in [0.05, 0.1) is 18.8 Å². The number of aliphatic hydroxyl groups excluding tert-OH is 2. The van der Waals surface area contributed by atoms with Crippen LogP contribution in [0.4, 0.5) is 13.2 Å². The molecular weight excluding hydrogens is 356 g/mol. The first-order chi connectivity index (χ1) is 9.77. The molecule has 0 amide bonds. The molecule has 0 saturated heterocycles. The Bertz CT molecular complexity index is 438. The van der Waals surface area contributed by atoms with Gasteiger partial charge >= 0.3 is 6.18 Å². The van der Waals surface area contributed by atoms with Crippen molar-refractivity contribution in [1.29, 1.82) is 0 Å². The van der Waals surface area contributed by atoms with Gasteiger partial charge in [0.25, 0.3) is 0 Å². The van der Waals surface area contributed by atoms with Gasteiger partial charge in [0, 0.05) is 12.1 Å². The zero-order chi connectivity index (χ0) is 16.0. The van der Waals surface area contributed by atoms with Crippen LogP contribution in [0.15, 0.2) is 24.3 Å². The Morgan fingerprint density at radius 2 is 1.43 bits per heavy atom. The molecule has 136 valence electrons. The third kappa shape index (κ3) is 8.19. The summed E-state index contributed by atoms with van der Waals surface area (Å²) >= 11 is 0. The lowest BCUT2D eigenvalue weighted by Gasteiger charge is -2.23. The molecule has 0 fully saturated rings. The lowest BCUT2D eigenvalue weighted by atomic mass is 9.86. The highest BCUT2D eigenvalue weighted by molar-refractivity contribution is 5.85. The van der Waals surface area contributed by atoms with E-state index in [4.69, 9.17) is 21.7 Å². The van der Waals surface area contributed by atoms with E-state index in [-0.39, 0.29) is 43.9 Å². The number of hydrogen-bond acceptors (Lipinski definition) is 4. The molecule has 0 bridgehead atoms. The summed E-state index contributed by atoms with van der Waals surface area (Å²) in [5.41, 5.74) is 11.1. The molecular formula is C14H23Cl2F3N2O2. The van der Waals surface area contributed by atoms with Gasteiger partial charge < -0.3 is 21.7 Å². The van der Waals surface area contributed by atoms with Crippen molar-refractivity contribution >= 4 is 24.8 Å². The molecule has 23 heavy (non-hydrogen) atoms. The lowest BCUT2D eigenvalue weighted by molar-refractivity contribution is -0.137. The highest BCUT2D eigenvalue weighted by Crippen LogP contribution is 2.33. The first-order valence-corrected chi connectivity index (χ1v) is 6.68. The summed E-state index contributed by atoms with van der Waals surface area (Å²) in [4.78, 5) is 0. The molecule has 0 aromatic heterocycles. The quantitative estimate of drug-likeness (QED) is 0.584.